The third-order valence-electron chi connectivity index (χ3n) is 4.11. The molecule has 152 valence electrons. The van der Waals surface area contributed by atoms with E-state index in [1.807, 2.05) is 12.1 Å². The van der Waals surface area contributed by atoms with Gasteiger partial charge >= 0.3 is 0 Å². The number of hydrogen-bond acceptors (Lipinski definition) is 4. The number of ether oxygens (including phenoxy) is 1. The lowest BCUT2D eigenvalue weighted by Gasteiger charge is -2.05. The van der Waals surface area contributed by atoms with Crippen LogP contribution >= 0.6 is 23.4 Å². The van der Waals surface area contributed by atoms with Gasteiger partial charge in [0.1, 0.15) is 16.7 Å². The maximum Gasteiger partial charge on any atom is 0.230 e. The minimum atomic E-state index is -0.307. The highest BCUT2D eigenvalue weighted by Crippen LogP contribution is 2.33. The number of carbonyl (C=O) groups is 1. The number of thioether (sulfide) groups is 1. The molecule has 1 aromatic heterocycles. The fraction of sp³-hybridized carbons (Fsp3) is 0.238. The van der Waals surface area contributed by atoms with Crippen LogP contribution < -0.4 is 5.32 Å². The Morgan fingerprint density at radius 2 is 1.86 bits per heavy atom. The van der Waals surface area contributed by atoms with Crippen LogP contribution in [0.4, 0.5) is 4.39 Å². The number of methoxy groups -OCH3 is 1. The van der Waals surface area contributed by atoms with Crippen LogP contribution in [0.15, 0.2) is 53.6 Å². The average Bonchev–Trinajstić information content (AvgIpc) is 3.15. The van der Waals surface area contributed by atoms with Gasteiger partial charge in [0, 0.05) is 36.4 Å². The molecule has 0 unspecified atom stereocenters. The molecule has 2 N–H and O–H groups in total. The molecule has 1 amide bonds. The van der Waals surface area contributed by atoms with Crippen molar-refractivity contribution in [1.82, 2.24) is 15.3 Å². The molecule has 5 nitrogen and oxygen atoms in total. The molecule has 0 aliphatic heterocycles. The molecule has 8 heteroatoms. The topological polar surface area (TPSA) is 67.0 Å². The summed E-state index contributed by atoms with van der Waals surface area (Å²) in [6.07, 6.45) is 0.764. The molecule has 1 heterocycles. The lowest BCUT2D eigenvalue weighted by Crippen LogP contribution is -2.26. The molecule has 0 fully saturated rings. The number of halogens is 2. The summed E-state index contributed by atoms with van der Waals surface area (Å²) >= 11 is 7.34. The van der Waals surface area contributed by atoms with Crippen LogP contribution in [0.5, 0.6) is 0 Å². The number of aromatic amines is 1. The van der Waals surface area contributed by atoms with E-state index in [0.29, 0.717) is 29.0 Å². The van der Waals surface area contributed by atoms with Crippen molar-refractivity contribution in [1.29, 1.82) is 0 Å². The Kier molecular flexibility index (Phi) is 7.69. The fourth-order valence-corrected chi connectivity index (χ4v) is 3.61. The second kappa shape index (κ2) is 10.4. The molecule has 3 rings (SSSR count). The van der Waals surface area contributed by atoms with Crippen molar-refractivity contribution >= 4 is 29.3 Å². The van der Waals surface area contributed by atoms with Gasteiger partial charge in [-0.2, -0.15) is 0 Å². The van der Waals surface area contributed by atoms with Gasteiger partial charge in [0.25, 0.3) is 0 Å². The zero-order chi connectivity index (χ0) is 20.6. The first kappa shape index (κ1) is 21.4. The van der Waals surface area contributed by atoms with Crippen molar-refractivity contribution in [2.45, 2.75) is 11.4 Å². The summed E-state index contributed by atoms with van der Waals surface area (Å²) in [6.45, 7) is 1.17. The Balaban J connectivity index is 1.79. The molecular formula is C21H21ClFN3O2S. The maximum absolute atomic E-state index is 13.2. The highest BCUT2D eigenvalue weighted by molar-refractivity contribution is 8.00. The van der Waals surface area contributed by atoms with Gasteiger partial charge in [0.15, 0.2) is 0 Å². The van der Waals surface area contributed by atoms with Crippen molar-refractivity contribution < 1.29 is 13.9 Å². The zero-order valence-corrected chi connectivity index (χ0v) is 17.4. The Morgan fingerprint density at radius 3 is 2.55 bits per heavy atom. The predicted octanol–water partition coefficient (Wildman–Crippen LogP) is 4.78. The zero-order valence-electron chi connectivity index (χ0n) is 15.9. The second-order valence-corrected chi connectivity index (χ2v) is 7.66. The number of aromatic nitrogens is 2. The number of rotatable bonds is 9. The summed E-state index contributed by atoms with van der Waals surface area (Å²) in [6, 6.07) is 13.5. The van der Waals surface area contributed by atoms with Crippen LogP contribution in [0.3, 0.4) is 0 Å². The number of carbonyl (C=O) groups excluding carboxylic acids is 1. The molecular weight excluding hydrogens is 413 g/mol. The summed E-state index contributed by atoms with van der Waals surface area (Å²) in [7, 11) is 1.63. The van der Waals surface area contributed by atoms with Gasteiger partial charge in [0.05, 0.1) is 11.4 Å². The van der Waals surface area contributed by atoms with Crippen molar-refractivity contribution in [3.05, 3.63) is 59.4 Å². The van der Waals surface area contributed by atoms with E-state index in [1.165, 1.54) is 23.9 Å². The standard InChI is InChI=1S/C21H21ClFN3O2S/c1-28-12-2-11-24-18(27)13-29-21-19(14-3-7-16(22)8-4-14)25-20(26-21)15-5-9-17(23)10-6-15/h3-10H,2,11-13H2,1H3,(H,24,27)(H,25,26). The smallest absolute Gasteiger partial charge is 0.230 e. The number of H-pyrrole nitrogens is 1. The van der Waals surface area contributed by atoms with Crippen LogP contribution in [0.2, 0.25) is 5.02 Å². The molecule has 0 saturated carbocycles. The SMILES string of the molecule is COCCCNC(=O)CSc1nc(-c2ccc(F)cc2)[nH]c1-c1ccc(Cl)cc1. The van der Waals surface area contributed by atoms with Gasteiger partial charge in [-0.1, -0.05) is 35.5 Å². The number of imidazole rings is 1. The summed E-state index contributed by atoms with van der Waals surface area (Å²) in [4.78, 5) is 20.1. The number of nitrogens with zero attached hydrogens (tertiary/aromatic N) is 1. The first-order chi connectivity index (χ1) is 14.1. The molecule has 0 spiro atoms. The molecule has 3 aromatic rings. The van der Waals surface area contributed by atoms with Crippen molar-refractivity contribution in [2.24, 2.45) is 0 Å². The molecule has 2 aromatic carbocycles. The molecule has 29 heavy (non-hydrogen) atoms. The minimum Gasteiger partial charge on any atom is -0.385 e. The Bertz CT molecular complexity index is 946. The van der Waals surface area contributed by atoms with E-state index in [4.69, 9.17) is 16.3 Å². The van der Waals surface area contributed by atoms with Gasteiger partial charge in [-0.15, -0.1) is 0 Å². The molecule has 0 saturated heterocycles. The van der Waals surface area contributed by atoms with Gasteiger partial charge < -0.3 is 15.0 Å². The minimum absolute atomic E-state index is 0.0699. The van der Waals surface area contributed by atoms with E-state index < -0.39 is 0 Å². The van der Waals surface area contributed by atoms with Gasteiger partial charge in [-0.05, 0) is 42.8 Å². The van der Waals surface area contributed by atoms with Crippen LogP contribution in [-0.2, 0) is 9.53 Å². The van der Waals surface area contributed by atoms with Crippen molar-refractivity contribution in [3.63, 3.8) is 0 Å². The highest BCUT2D eigenvalue weighted by Gasteiger charge is 2.15. The Hall–Kier alpha value is -2.35. The summed E-state index contributed by atoms with van der Waals surface area (Å²) in [5.41, 5.74) is 2.45. The van der Waals surface area contributed by atoms with E-state index in [2.05, 4.69) is 15.3 Å². The van der Waals surface area contributed by atoms with Gasteiger partial charge in [-0.25, -0.2) is 9.37 Å². The second-order valence-electron chi connectivity index (χ2n) is 6.26. The quantitative estimate of drug-likeness (QED) is 0.376. The summed E-state index contributed by atoms with van der Waals surface area (Å²) in [5, 5.41) is 4.19. The predicted molar refractivity (Wildman–Crippen MR) is 115 cm³/mol. The third kappa shape index (κ3) is 6.06. The van der Waals surface area contributed by atoms with Crippen LogP contribution in [0.1, 0.15) is 6.42 Å². The molecule has 0 radical (unpaired) electrons. The van der Waals surface area contributed by atoms with E-state index in [1.54, 1.807) is 31.4 Å². The van der Waals surface area contributed by atoms with Crippen molar-refractivity contribution in [2.75, 3.05) is 26.0 Å². The average molecular weight is 434 g/mol. The van der Waals surface area contributed by atoms with Crippen LogP contribution in [0.25, 0.3) is 22.6 Å². The Labute approximate surface area is 178 Å². The van der Waals surface area contributed by atoms with Crippen LogP contribution in [-0.4, -0.2) is 41.9 Å². The first-order valence-corrected chi connectivity index (χ1v) is 10.4. The lowest BCUT2D eigenvalue weighted by atomic mass is 10.2. The van der Waals surface area contributed by atoms with E-state index in [-0.39, 0.29) is 17.5 Å². The first-order valence-electron chi connectivity index (χ1n) is 9.07. The Morgan fingerprint density at radius 1 is 1.17 bits per heavy atom. The molecule has 0 bridgehead atoms. The van der Waals surface area contributed by atoms with Crippen molar-refractivity contribution in [3.8, 4) is 22.6 Å². The summed E-state index contributed by atoms with van der Waals surface area (Å²) in [5.74, 6) is 0.469. The lowest BCUT2D eigenvalue weighted by molar-refractivity contribution is -0.118. The largest absolute Gasteiger partial charge is 0.385 e. The third-order valence-corrected chi connectivity index (χ3v) is 5.34. The number of benzene rings is 2. The van der Waals surface area contributed by atoms with Crippen LogP contribution in [0, 0.1) is 5.82 Å². The number of nitrogens with one attached hydrogen (secondary N) is 2. The number of amides is 1. The molecule has 0 aliphatic rings. The van der Waals surface area contributed by atoms with E-state index in [9.17, 15) is 9.18 Å². The highest BCUT2D eigenvalue weighted by atomic mass is 35.5. The summed E-state index contributed by atoms with van der Waals surface area (Å²) < 4.78 is 18.2. The van der Waals surface area contributed by atoms with E-state index >= 15 is 0 Å². The van der Waals surface area contributed by atoms with Gasteiger partial charge in [0.2, 0.25) is 5.91 Å². The maximum atomic E-state index is 13.2. The molecule has 0 atom stereocenters. The molecule has 0 aliphatic carbocycles. The van der Waals surface area contributed by atoms with Gasteiger partial charge in [-0.3, -0.25) is 4.79 Å². The monoisotopic (exact) mass is 433 g/mol. The normalized spacial score (nSPS) is 10.9. The fourth-order valence-electron chi connectivity index (χ4n) is 2.65. The number of hydrogen-bond donors (Lipinski definition) is 2. The van der Waals surface area contributed by atoms with E-state index in [0.717, 1.165) is 23.2 Å².